The fraction of sp³-hybridized carbons (Fsp3) is 0.409. The van der Waals surface area contributed by atoms with Crippen molar-refractivity contribution >= 4 is 16.9 Å². The van der Waals surface area contributed by atoms with Gasteiger partial charge in [-0.1, -0.05) is 30.3 Å². The van der Waals surface area contributed by atoms with Crippen LogP contribution < -0.4 is 5.32 Å². The van der Waals surface area contributed by atoms with Crippen LogP contribution in [0.25, 0.3) is 22.3 Å². The first-order chi connectivity index (χ1) is 13.7. The van der Waals surface area contributed by atoms with Gasteiger partial charge >= 0.3 is 0 Å². The van der Waals surface area contributed by atoms with Gasteiger partial charge in [0.2, 0.25) is 0 Å². The Kier molecular flexibility index (Phi) is 4.36. The molecule has 2 fully saturated rings. The second-order valence-electron chi connectivity index (χ2n) is 7.80. The van der Waals surface area contributed by atoms with E-state index < -0.39 is 0 Å². The van der Waals surface area contributed by atoms with E-state index in [1.807, 2.05) is 52.9 Å². The molecule has 0 saturated carbocycles. The summed E-state index contributed by atoms with van der Waals surface area (Å²) in [4.78, 5) is 20.4. The normalized spacial score (nSPS) is 21.8. The van der Waals surface area contributed by atoms with Crippen LogP contribution in [0.1, 0.15) is 36.5 Å². The van der Waals surface area contributed by atoms with Crippen molar-refractivity contribution in [1.82, 2.24) is 25.0 Å². The molecule has 2 bridgehead atoms. The Morgan fingerprint density at radius 1 is 1.18 bits per heavy atom. The van der Waals surface area contributed by atoms with Gasteiger partial charge in [-0.15, -0.1) is 0 Å². The molecule has 6 heteroatoms. The molecule has 6 nitrogen and oxygen atoms in total. The van der Waals surface area contributed by atoms with Gasteiger partial charge in [-0.05, 0) is 32.3 Å². The van der Waals surface area contributed by atoms with Gasteiger partial charge in [-0.25, -0.2) is 9.67 Å². The van der Waals surface area contributed by atoms with Crippen molar-refractivity contribution in [2.45, 2.75) is 44.8 Å². The number of pyridine rings is 1. The number of nitrogens with one attached hydrogen (secondary N) is 1. The summed E-state index contributed by atoms with van der Waals surface area (Å²) in [6.07, 6.45) is 5.20. The predicted molar refractivity (Wildman–Crippen MR) is 109 cm³/mol. The highest BCUT2D eigenvalue weighted by Crippen LogP contribution is 2.27. The number of benzene rings is 1. The van der Waals surface area contributed by atoms with Gasteiger partial charge in [0.05, 0.1) is 22.8 Å². The van der Waals surface area contributed by atoms with Crippen LogP contribution in [-0.2, 0) is 6.54 Å². The monoisotopic (exact) mass is 375 g/mol. The Morgan fingerprint density at radius 3 is 2.82 bits per heavy atom. The number of nitrogens with zero attached hydrogens (tertiary/aromatic N) is 4. The molecule has 1 N–H and O–H groups in total. The quantitative estimate of drug-likeness (QED) is 0.764. The molecule has 28 heavy (non-hydrogen) atoms. The van der Waals surface area contributed by atoms with Crippen LogP contribution in [0.3, 0.4) is 0 Å². The van der Waals surface area contributed by atoms with Crippen molar-refractivity contribution in [3.05, 3.63) is 48.2 Å². The molecular formula is C22H25N5O. The molecule has 2 aliphatic heterocycles. The topological polar surface area (TPSA) is 63.1 Å². The first-order valence-corrected chi connectivity index (χ1v) is 10.2. The molecule has 4 heterocycles. The van der Waals surface area contributed by atoms with E-state index in [0.29, 0.717) is 17.6 Å². The van der Waals surface area contributed by atoms with Gasteiger partial charge < -0.3 is 10.2 Å². The van der Waals surface area contributed by atoms with Gasteiger partial charge in [-0.2, -0.15) is 5.10 Å². The van der Waals surface area contributed by atoms with Crippen molar-refractivity contribution in [3.63, 3.8) is 0 Å². The zero-order valence-electron chi connectivity index (χ0n) is 16.1. The molecule has 2 unspecified atom stereocenters. The number of carbonyl (C=O) groups is 1. The van der Waals surface area contributed by atoms with E-state index in [1.54, 1.807) is 6.20 Å². The van der Waals surface area contributed by atoms with Gasteiger partial charge in [-0.3, -0.25) is 4.79 Å². The minimum Gasteiger partial charge on any atom is -0.337 e. The molecule has 1 amide bonds. The number of carbonyl (C=O) groups excluding carboxylic acids is 1. The molecule has 0 aliphatic carbocycles. The number of amides is 1. The number of hydrogen-bond donors (Lipinski definition) is 1. The third kappa shape index (κ3) is 2.98. The fourth-order valence-electron chi connectivity index (χ4n) is 4.51. The van der Waals surface area contributed by atoms with E-state index in [1.165, 1.54) is 6.42 Å². The number of hydrogen-bond acceptors (Lipinski definition) is 4. The standard InChI is InChI=1S/C22H25N5O/c1-2-27-21-19(13-23-27)18(12-20(25-21)15-6-4-3-5-7-15)22(28)26-11-10-16-8-9-17(14-26)24-16/h3-7,12-13,16-17,24H,2,8-11,14H2,1H3. The highest BCUT2D eigenvalue weighted by atomic mass is 16.2. The van der Waals surface area contributed by atoms with Crippen LogP contribution in [0.2, 0.25) is 0 Å². The molecule has 2 aliphatic rings. The summed E-state index contributed by atoms with van der Waals surface area (Å²) in [5.74, 6) is 0.0922. The molecule has 144 valence electrons. The lowest BCUT2D eigenvalue weighted by Gasteiger charge is -2.24. The Labute approximate surface area is 164 Å². The highest BCUT2D eigenvalue weighted by Gasteiger charge is 2.32. The Balaban J connectivity index is 1.59. The summed E-state index contributed by atoms with van der Waals surface area (Å²) in [5, 5.41) is 8.96. The van der Waals surface area contributed by atoms with E-state index in [4.69, 9.17) is 4.98 Å². The maximum absolute atomic E-state index is 13.6. The number of likely N-dealkylation sites (tertiary alicyclic amines) is 1. The van der Waals surface area contributed by atoms with Gasteiger partial charge in [0.15, 0.2) is 5.65 Å². The van der Waals surface area contributed by atoms with Crippen molar-refractivity contribution in [2.75, 3.05) is 13.1 Å². The second kappa shape index (κ2) is 7.02. The van der Waals surface area contributed by atoms with Crippen LogP contribution in [0.15, 0.2) is 42.6 Å². The van der Waals surface area contributed by atoms with Crippen LogP contribution in [0.5, 0.6) is 0 Å². The lowest BCUT2D eigenvalue weighted by Crippen LogP contribution is -2.39. The number of fused-ring (bicyclic) bond motifs is 3. The van der Waals surface area contributed by atoms with Crippen molar-refractivity contribution in [3.8, 4) is 11.3 Å². The van der Waals surface area contributed by atoms with Crippen molar-refractivity contribution in [2.24, 2.45) is 0 Å². The van der Waals surface area contributed by atoms with Crippen molar-refractivity contribution in [1.29, 1.82) is 0 Å². The summed E-state index contributed by atoms with van der Waals surface area (Å²) >= 11 is 0. The third-order valence-corrected chi connectivity index (χ3v) is 6.02. The third-order valence-electron chi connectivity index (χ3n) is 6.02. The zero-order chi connectivity index (χ0) is 19.1. The summed E-state index contributed by atoms with van der Waals surface area (Å²) in [6.45, 7) is 4.35. The predicted octanol–water partition coefficient (Wildman–Crippen LogP) is 3.08. The second-order valence-corrected chi connectivity index (χ2v) is 7.80. The zero-order valence-corrected chi connectivity index (χ0v) is 16.1. The largest absolute Gasteiger partial charge is 0.337 e. The van der Waals surface area contributed by atoms with E-state index in [0.717, 1.165) is 54.8 Å². The van der Waals surface area contributed by atoms with Gasteiger partial charge in [0.25, 0.3) is 5.91 Å². The molecule has 5 rings (SSSR count). The Bertz CT molecular complexity index is 1010. The smallest absolute Gasteiger partial charge is 0.254 e. The average Bonchev–Trinajstić information content (AvgIpc) is 3.29. The van der Waals surface area contributed by atoms with Gasteiger partial charge in [0.1, 0.15) is 0 Å². The summed E-state index contributed by atoms with van der Waals surface area (Å²) in [7, 11) is 0. The number of aryl methyl sites for hydroxylation is 1. The van der Waals surface area contributed by atoms with E-state index in [2.05, 4.69) is 10.4 Å². The van der Waals surface area contributed by atoms with E-state index >= 15 is 0 Å². The molecule has 3 aromatic rings. The van der Waals surface area contributed by atoms with Gasteiger partial charge in [0, 0.05) is 37.3 Å². The molecular weight excluding hydrogens is 350 g/mol. The van der Waals surface area contributed by atoms with Crippen LogP contribution in [-0.4, -0.2) is 50.7 Å². The maximum atomic E-state index is 13.6. The van der Waals surface area contributed by atoms with Crippen LogP contribution >= 0.6 is 0 Å². The number of rotatable bonds is 3. The lowest BCUT2D eigenvalue weighted by molar-refractivity contribution is 0.0750. The Hall–Kier alpha value is -2.73. The average molecular weight is 375 g/mol. The van der Waals surface area contributed by atoms with Crippen LogP contribution in [0, 0.1) is 0 Å². The minimum absolute atomic E-state index is 0.0922. The lowest BCUT2D eigenvalue weighted by atomic mass is 10.0. The summed E-state index contributed by atoms with van der Waals surface area (Å²) in [6, 6.07) is 13.0. The fourth-order valence-corrected chi connectivity index (χ4v) is 4.51. The SMILES string of the molecule is CCn1ncc2c(C(=O)N3CCC4CCC(C3)N4)cc(-c3ccccc3)nc21. The molecule has 0 radical (unpaired) electrons. The highest BCUT2D eigenvalue weighted by molar-refractivity contribution is 6.06. The summed E-state index contributed by atoms with van der Waals surface area (Å²) < 4.78 is 1.87. The molecule has 2 atom stereocenters. The Morgan fingerprint density at radius 2 is 2.00 bits per heavy atom. The maximum Gasteiger partial charge on any atom is 0.254 e. The molecule has 2 aromatic heterocycles. The van der Waals surface area contributed by atoms with Crippen LogP contribution in [0.4, 0.5) is 0 Å². The summed E-state index contributed by atoms with van der Waals surface area (Å²) in [5.41, 5.74) is 3.32. The first kappa shape index (κ1) is 17.4. The number of aromatic nitrogens is 3. The van der Waals surface area contributed by atoms with E-state index in [9.17, 15) is 4.79 Å². The van der Waals surface area contributed by atoms with Crippen molar-refractivity contribution < 1.29 is 4.79 Å². The minimum atomic E-state index is 0.0922. The molecule has 2 saturated heterocycles. The first-order valence-electron chi connectivity index (χ1n) is 10.2. The molecule has 0 spiro atoms. The van der Waals surface area contributed by atoms with E-state index in [-0.39, 0.29) is 5.91 Å². The molecule has 1 aromatic carbocycles.